The topological polar surface area (TPSA) is 42.2 Å². The van der Waals surface area contributed by atoms with Crippen molar-refractivity contribution in [3.8, 4) is 0 Å². The molecule has 1 aliphatic heterocycles. The van der Waals surface area contributed by atoms with Crippen molar-refractivity contribution in [1.29, 1.82) is 0 Å². The first-order chi connectivity index (χ1) is 7.65. The number of nitrogens with two attached hydrogens (primary N) is 1. The first-order valence-corrected chi connectivity index (χ1v) is 6.83. The third kappa shape index (κ3) is 3.65. The second-order valence-electron chi connectivity index (χ2n) is 5.05. The normalized spacial score (nSPS) is 24.9. The standard InChI is InChI=1S/C12H21N3S.ClH/c1-3-11-14-6-10(16-11)7-15-5-4-12(2,8-13)9-15;/h6H,3-5,7-9,13H2,1-2H3;1H. The average molecular weight is 276 g/mol. The summed E-state index contributed by atoms with van der Waals surface area (Å²) in [7, 11) is 0. The van der Waals surface area contributed by atoms with Crippen LogP contribution in [0.5, 0.6) is 0 Å². The van der Waals surface area contributed by atoms with E-state index in [1.165, 1.54) is 22.9 Å². The summed E-state index contributed by atoms with van der Waals surface area (Å²) in [5.74, 6) is 0. The van der Waals surface area contributed by atoms with Crippen LogP contribution in [-0.4, -0.2) is 29.5 Å². The van der Waals surface area contributed by atoms with E-state index in [0.29, 0.717) is 5.41 Å². The van der Waals surface area contributed by atoms with Crippen molar-refractivity contribution in [1.82, 2.24) is 9.88 Å². The van der Waals surface area contributed by atoms with Crippen LogP contribution >= 0.6 is 23.7 Å². The van der Waals surface area contributed by atoms with Gasteiger partial charge in [-0.15, -0.1) is 23.7 Å². The van der Waals surface area contributed by atoms with Gasteiger partial charge in [0.05, 0.1) is 5.01 Å². The Kier molecular flexibility index (Phi) is 5.38. The molecule has 2 rings (SSSR count). The minimum Gasteiger partial charge on any atom is -0.330 e. The monoisotopic (exact) mass is 275 g/mol. The highest BCUT2D eigenvalue weighted by Gasteiger charge is 2.32. The highest BCUT2D eigenvalue weighted by Crippen LogP contribution is 2.30. The molecule has 0 aromatic carbocycles. The lowest BCUT2D eigenvalue weighted by molar-refractivity contribution is 0.276. The maximum absolute atomic E-state index is 5.81. The van der Waals surface area contributed by atoms with Gasteiger partial charge in [-0.1, -0.05) is 13.8 Å². The number of rotatable bonds is 4. The number of nitrogens with zero attached hydrogens (tertiary/aromatic N) is 2. The lowest BCUT2D eigenvalue weighted by Gasteiger charge is -2.22. The first-order valence-electron chi connectivity index (χ1n) is 6.01. The molecule has 1 aromatic heterocycles. The SMILES string of the molecule is CCc1ncc(CN2CCC(C)(CN)C2)s1.Cl. The molecule has 5 heteroatoms. The van der Waals surface area contributed by atoms with E-state index >= 15 is 0 Å². The predicted octanol–water partition coefficient (Wildman–Crippen LogP) is 2.30. The molecule has 1 fully saturated rings. The second kappa shape index (κ2) is 6.14. The van der Waals surface area contributed by atoms with Gasteiger partial charge in [0.15, 0.2) is 0 Å². The number of aromatic nitrogens is 1. The highest BCUT2D eigenvalue weighted by atomic mass is 35.5. The van der Waals surface area contributed by atoms with Crippen molar-refractivity contribution >= 4 is 23.7 Å². The van der Waals surface area contributed by atoms with Crippen LogP contribution in [0.25, 0.3) is 0 Å². The van der Waals surface area contributed by atoms with Crippen LogP contribution in [0.2, 0.25) is 0 Å². The van der Waals surface area contributed by atoms with Gasteiger partial charge >= 0.3 is 0 Å². The maximum atomic E-state index is 5.81. The van der Waals surface area contributed by atoms with E-state index in [-0.39, 0.29) is 12.4 Å². The molecule has 1 aliphatic rings. The van der Waals surface area contributed by atoms with Gasteiger partial charge in [0.1, 0.15) is 0 Å². The van der Waals surface area contributed by atoms with Gasteiger partial charge < -0.3 is 5.73 Å². The fraction of sp³-hybridized carbons (Fsp3) is 0.750. The summed E-state index contributed by atoms with van der Waals surface area (Å²) < 4.78 is 0. The van der Waals surface area contributed by atoms with E-state index in [9.17, 15) is 0 Å². The molecule has 1 aromatic rings. The molecule has 0 amide bonds. The molecular formula is C12H22ClN3S. The van der Waals surface area contributed by atoms with Crippen molar-refractivity contribution in [3.63, 3.8) is 0 Å². The van der Waals surface area contributed by atoms with Gasteiger partial charge in [-0.2, -0.15) is 0 Å². The fourth-order valence-corrected chi connectivity index (χ4v) is 3.14. The Hall–Kier alpha value is -0.160. The molecule has 1 atom stereocenters. The molecule has 1 unspecified atom stereocenters. The minimum absolute atomic E-state index is 0. The quantitative estimate of drug-likeness (QED) is 0.917. The minimum atomic E-state index is 0. The average Bonchev–Trinajstić information content (AvgIpc) is 2.87. The van der Waals surface area contributed by atoms with Gasteiger partial charge in [0.25, 0.3) is 0 Å². The zero-order valence-corrected chi connectivity index (χ0v) is 12.2. The maximum Gasteiger partial charge on any atom is 0.0925 e. The number of halogens is 1. The number of likely N-dealkylation sites (tertiary alicyclic amines) is 1. The molecule has 0 radical (unpaired) electrons. The number of thiazole rings is 1. The van der Waals surface area contributed by atoms with Crippen LogP contribution in [0, 0.1) is 5.41 Å². The van der Waals surface area contributed by atoms with Crippen LogP contribution in [0.15, 0.2) is 6.20 Å². The lowest BCUT2D eigenvalue weighted by Crippen LogP contribution is -2.30. The van der Waals surface area contributed by atoms with Crippen molar-refractivity contribution in [2.45, 2.75) is 33.2 Å². The van der Waals surface area contributed by atoms with E-state index in [1.54, 1.807) is 0 Å². The van der Waals surface area contributed by atoms with Gasteiger partial charge in [-0.3, -0.25) is 4.90 Å². The Morgan fingerprint density at radius 3 is 2.88 bits per heavy atom. The van der Waals surface area contributed by atoms with E-state index in [0.717, 1.165) is 26.1 Å². The Bertz CT molecular complexity index is 355. The molecule has 3 nitrogen and oxygen atoms in total. The van der Waals surface area contributed by atoms with E-state index in [4.69, 9.17) is 5.73 Å². The Morgan fingerprint density at radius 1 is 1.59 bits per heavy atom. The summed E-state index contributed by atoms with van der Waals surface area (Å²) in [6.07, 6.45) is 4.30. The second-order valence-corrected chi connectivity index (χ2v) is 6.25. The molecule has 17 heavy (non-hydrogen) atoms. The third-order valence-electron chi connectivity index (χ3n) is 3.41. The van der Waals surface area contributed by atoms with Crippen LogP contribution in [0.1, 0.15) is 30.2 Å². The number of aryl methyl sites for hydroxylation is 1. The van der Waals surface area contributed by atoms with Crippen molar-refractivity contribution in [2.24, 2.45) is 11.1 Å². The molecule has 0 bridgehead atoms. The van der Waals surface area contributed by atoms with Crippen LogP contribution in [0.3, 0.4) is 0 Å². The number of hydrogen-bond donors (Lipinski definition) is 1. The van der Waals surface area contributed by atoms with Crippen LogP contribution in [-0.2, 0) is 13.0 Å². The molecule has 0 aliphatic carbocycles. The Balaban J connectivity index is 0.00000144. The van der Waals surface area contributed by atoms with E-state index in [1.807, 2.05) is 17.5 Å². The Morgan fingerprint density at radius 2 is 2.35 bits per heavy atom. The van der Waals surface area contributed by atoms with Gasteiger partial charge in [0.2, 0.25) is 0 Å². The summed E-state index contributed by atoms with van der Waals surface area (Å²) in [6, 6.07) is 0. The molecule has 98 valence electrons. The van der Waals surface area contributed by atoms with Gasteiger partial charge in [0, 0.05) is 24.2 Å². The van der Waals surface area contributed by atoms with Gasteiger partial charge in [-0.25, -0.2) is 4.98 Å². The summed E-state index contributed by atoms with van der Waals surface area (Å²) >= 11 is 1.84. The molecular weight excluding hydrogens is 254 g/mol. The zero-order valence-electron chi connectivity index (χ0n) is 10.6. The lowest BCUT2D eigenvalue weighted by atomic mass is 9.90. The first kappa shape index (κ1) is 14.9. The third-order valence-corrected chi connectivity index (χ3v) is 4.54. The molecule has 0 saturated carbocycles. The molecule has 2 N–H and O–H groups in total. The van der Waals surface area contributed by atoms with E-state index in [2.05, 4.69) is 23.7 Å². The number of hydrogen-bond acceptors (Lipinski definition) is 4. The zero-order chi connectivity index (χ0) is 11.6. The predicted molar refractivity (Wildman–Crippen MR) is 75.8 cm³/mol. The van der Waals surface area contributed by atoms with Crippen molar-refractivity contribution < 1.29 is 0 Å². The summed E-state index contributed by atoms with van der Waals surface area (Å²) in [6.45, 7) is 8.59. The smallest absolute Gasteiger partial charge is 0.0925 e. The van der Waals surface area contributed by atoms with Gasteiger partial charge in [-0.05, 0) is 31.3 Å². The summed E-state index contributed by atoms with van der Waals surface area (Å²) in [4.78, 5) is 8.29. The largest absolute Gasteiger partial charge is 0.330 e. The highest BCUT2D eigenvalue weighted by molar-refractivity contribution is 7.11. The van der Waals surface area contributed by atoms with Crippen molar-refractivity contribution in [3.05, 3.63) is 16.1 Å². The molecule has 0 spiro atoms. The summed E-state index contributed by atoms with van der Waals surface area (Å²) in [5.41, 5.74) is 6.14. The Labute approximate surface area is 114 Å². The van der Waals surface area contributed by atoms with Crippen molar-refractivity contribution in [2.75, 3.05) is 19.6 Å². The summed E-state index contributed by atoms with van der Waals surface area (Å²) in [5, 5.41) is 1.25. The molecule has 1 saturated heterocycles. The fourth-order valence-electron chi connectivity index (χ4n) is 2.23. The molecule has 2 heterocycles. The van der Waals surface area contributed by atoms with Crippen LogP contribution < -0.4 is 5.73 Å². The van der Waals surface area contributed by atoms with E-state index < -0.39 is 0 Å². The van der Waals surface area contributed by atoms with Crippen LogP contribution in [0.4, 0.5) is 0 Å².